The Morgan fingerprint density at radius 1 is 0.633 bits per heavy atom. The Morgan fingerprint density at radius 3 is 1.13 bits per heavy atom. The summed E-state index contributed by atoms with van der Waals surface area (Å²) in [5.74, 6) is -4.06. The highest BCUT2D eigenvalue weighted by atomic mass is 16.6. The third-order valence-corrected chi connectivity index (χ3v) is 5.25. The summed E-state index contributed by atoms with van der Waals surface area (Å²) in [6.07, 6.45) is -0.503. The molecule has 0 aromatic heterocycles. The summed E-state index contributed by atoms with van der Waals surface area (Å²) in [6.45, 7) is 6.08. The molecule has 1 aromatic rings. The summed E-state index contributed by atoms with van der Waals surface area (Å²) < 4.78 is 20.9. The van der Waals surface area contributed by atoms with Crippen LogP contribution in [-0.4, -0.2) is 50.3 Å². The monoisotopic (exact) mass is 420 g/mol. The van der Waals surface area contributed by atoms with Crippen LogP contribution in [0.5, 0.6) is 0 Å². The van der Waals surface area contributed by atoms with Gasteiger partial charge in [0.15, 0.2) is 10.8 Å². The van der Waals surface area contributed by atoms with Gasteiger partial charge in [-0.2, -0.15) is 0 Å². The van der Waals surface area contributed by atoms with Crippen LogP contribution in [0.1, 0.15) is 38.8 Å². The Bertz CT molecular complexity index is 710. The summed E-state index contributed by atoms with van der Waals surface area (Å²) in [4.78, 5) is 53.4. The lowest BCUT2D eigenvalue weighted by Crippen LogP contribution is -2.66. The van der Waals surface area contributed by atoms with Gasteiger partial charge in [0, 0.05) is 12.8 Å². The molecule has 1 aliphatic rings. The van der Waals surface area contributed by atoms with Crippen molar-refractivity contribution in [2.75, 3.05) is 26.4 Å². The molecule has 0 heterocycles. The highest BCUT2D eigenvalue weighted by Crippen LogP contribution is 2.52. The van der Waals surface area contributed by atoms with E-state index >= 15 is 0 Å². The summed E-state index contributed by atoms with van der Waals surface area (Å²) in [5.41, 5.74) is -3.26. The van der Waals surface area contributed by atoms with E-state index < -0.39 is 34.7 Å². The van der Waals surface area contributed by atoms with E-state index in [2.05, 4.69) is 0 Å². The molecule has 0 radical (unpaired) electrons. The first-order valence-electron chi connectivity index (χ1n) is 10.1. The SMILES string of the molecule is CCOC(=O)C1(C(=O)OCC)Cc2ccccc2CC1(C(=O)OCC)C(=O)OCC. The molecular formula is C22H28O8. The highest BCUT2D eigenvalue weighted by Gasteiger charge is 2.74. The Balaban J connectivity index is 2.90. The number of ether oxygens (including phenoxy) is 4. The number of esters is 4. The summed E-state index contributed by atoms with van der Waals surface area (Å²) >= 11 is 0. The molecule has 0 amide bonds. The Morgan fingerprint density at radius 2 is 0.900 bits per heavy atom. The van der Waals surface area contributed by atoms with Crippen LogP contribution in [0.25, 0.3) is 0 Å². The molecule has 8 nitrogen and oxygen atoms in total. The average Bonchev–Trinajstić information content (AvgIpc) is 2.73. The number of benzene rings is 1. The molecule has 1 aromatic carbocycles. The first-order chi connectivity index (χ1) is 14.3. The predicted molar refractivity (Wildman–Crippen MR) is 105 cm³/mol. The number of carbonyl (C=O) groups is 4. The van der Waals surface area contributed by atoms with E-state index in [9.17, 15) is 19.2 Å². The van der Waals surface area contributed by atoms with Crippen LogP contribution in [0.15, 0.2) is 24.3 Å². The average molecular weight is 420 g/mol. The quantitative estimate of drug-likeness (QED) is 0.357. The molecule has 0 spiro atoms. The van der Waals surface area contributed by atoms with E-state index in [4.69, 9.17) is 18.9 Å². The molecule has 8 heteroatoms. The fourth-order valence-corrected chi connectivity index (χ4v) is 3.94. The normalized spacial score (nSPS) is 16.0. The maximum absolute atomic E-state index is 13.3. The zero-order valence-electron chi connectivity index (χ0n) is 17.8. The summed E-state index contributed by atoms with van der Waals surface area (Å²) in [5, 5.41) is 0. The number of rotatable bonds is 8. The highest BCUT2D eigenvalue weighted by molar-refractivity contribution is 6.15. The van der Waals surface area contributed by atoms with Crippen LogP contribution < -0.4 is 0 Å². The van der Waals surface area contributed by atoms with Gasteiger partial charge in [-0.25, -0.2) is 0 Å². The largest absolute Gasteiger partial charge is 0.465 e. The van der Waals surface area contributed by atoms with Crippen LogP contribution >= 0.6 is 0 Å². The molecule has 0 unspecified atom stereocenters. The van der Waals surface area contributed by atoms with Crippen LogP contribution in [0.4, 0.5) is 0 Å². The van der Waals surface area contributed by atoms with Gasteiger partial charge in [0.25, 0.3) is 0 Å². The van der Waals surface area contributed by atoms with E-state index in [0.29, 0.717) is 11.1 Å². The zero-order valence-corrected chi connectivity index (χ0v) is 17.8. The fourth-order valence-electron chi connectivity index (χ4n) is 3.94. The molecule has 30 heavy (non-hydrogen) atoms. The number of fused-ring (bicyclic) bond motifs is 1. The molecule has 2 rings (SSSR count). The van der Waals surface area contributed by atoms with E-state index in [1.807, 2.05) is 0 Å². The minimum Gasteiger partial charge on any atom is -0.465 e. The minimum absolute atomic E-state index is 0.0522. The molecular weight excluding hydrogens is 392 g/mol. The van der Waals surface area contributed by atoms with Gasteiger partial charge in [-0.1, -0.05) is 24.3 Å². The molecule has 0 N–H and O–H groups in total. The van der Waals surface area contributed by atoms with Crippen molar-refractivity contribution in [3.05, 3.63) is 35.4 Å². The fraction of sp³-hybridized carbons (Fsp3) is 0.545. The molecule has 0 fully saturated rings. The third kappa shape index (κ3) is 3.66. The smallest absolute Gasteiger partial charge is 0.325 e. The molecule has 0 bridgehead atoms. The van der Waals surface area contributed by atoms with Gasteiger partial charge in [0.05, 0.1) is 26.4 Å². The van der Waals surface area contributed by atoms with Gasteiger partial charge in [-0.15, -0.1) is 0 Å². The topological polar surface area (TPSA) is 105 Å². The van der Waals surface area contributed by atoms with E-state index in [1.54, 1.807) is 52.0 Å². The second-order valence-corrected chi connectivity index (χ2v) is 6.81. The number of carbonyl (C=O) groups excluding carboxylic acids is 4. The standard InChI is InChI=1S/C22H28O8/c1-5-27-17(23)21(18(24)28-6-2)13-15-11-9-10-12-16(15)14-22(21,19(25)29-7-3)20(26)30-8-4/h9-12H,5-8,13-14H2,1-4H3. The Kier molecular flexibility index (Phi) is 7.59. The van der Waals surface area contributed by atoms with Crippen molar-refractivity contribution in [2.24, 2.45) is 10.8 Å². The van der Waals surface area contributed by atoms with Crippen LogP contribution in [0, 0.1) is 10.8 Å². The van der Waals surface area contributed by atoms with Crippen molar-refractivity contribution in [3.63, 3.8) is 0 Å². The third-order valence-electron chi connectivity index (χ3n) is 5.25. The molecule has 0 saturated heterocycles. The second kappa shape index (κ2) is 9.73. The summed E-state index contributed by atoms with van der Waals surface area (Å²) in [6, 6.07) is 6.98. The van der Waals surface area contributed by atoms with E-state index in [0.717, 1.165) is 0 Å². The van der Waals surface area contributed by atoms with Crippen molar-refractivity contribution >= 4 is 23.9 Å². The minimum atomic E-state index is -2.27. The molecule has 0 aliphatic heterocycles. The van der Waals surface area contributed by atoms with E-state index in [1.165, 1.54) is 0 Å². The zero-order chi connectivity index (χ0) is 22.4. The van der Waals surface area contributed by atoms with Crippen LogP contribution in [0.2, 0.25) is 0 Å². The summed E-state index contributed by atoms with van der Waals surface area (Å²) in [7, 11) is 0. The molecule has 1 aliphatic carbocycles. The Labute approximate surface area is 175 Å². The van der Waals surface area contributed by atoms with Crippen molar-refractivity contribution in [2.45, 2.75) is 40.5 Å². The van der Waals surface area contributed by atoms with Gasteiger partial charge < -0.3 is 18.9 Å². The van der Waals surface area contributed by atoms with Crippen molar-refractivity contribution in [3.8, 4) is 0 Å². The van der Waals surface area contributed by atoms with Crippen molar-refractivity contribution < 1.29 is 38.1 Å². The van der Waals surface area contributed by atoms with E-state index in [-0.39, 0.29) is 39.3 Å². The van der Waals surface area contributed by atoms with Crippen LogP contribution in [-0.2, 0) is 51.0 Å². The first-order valence-corrected chi connectivity index (χ1v) is 10.1. The van der Waals surface area contributed by atoms with Gasteiger partial charge in [-0.3, -0.25) is 19.2 Å². The molecule has 0 saturated carbocycles. The predicted octanol–water partition coefficient (Wildman–Crippen LogP) is 2.01. The molecule has 164 valence electrons. The van der Waals surface area contributed by atoms with Gasteiger partial charge in [0.1, 0.15) is 0 Å². The lowest BCUT2D eigenvalue weighted by Gasteiger charge is -2.46. The lowest BCUT2D eigenvalue weighted by atomic mass is 9.54. The number of hydrogen-bond donors (Lipinski definition) is 0. The maximum atomic E-state index is 13.3. The first kappa shape index (κ1) is 23.4. The van der Waals surface area contributed by atoms with Gasteiger partial charge >= 0.3 is 23.9 Å². The second-order valence-electron chi connectivity index (χ2n) is 6.81. The van der Waals surface area contributed by atoms with Crippen molar-refractivity contribution in [1.29, 1.82) is 0 Å². The molecule has 0 atom stereocenters. The van der Waals surface area contributed by atoms with Gasteiger partial charge in [0.2, 0.25) is 0 Å². The number of hydrogen-bond acceptors (Lipinski definition) is 8. The lowest BCUT2D eigenvalue weighted by molar-refractivity contribution is -0.204. The van der Waals surface area contributed by atoms with Crippen LogP contribution in [0.3, 0.4) is 0 Å². The van der Waals surface area contributed by atoms with Crippen molar-refractivity contribution in [1.82, 2.24) is 0 Å². The maximum Gasteiger partial charge on any atom is 0.325 e. The Hall–Kier alpha value is -2.90. The van der Waals surface area contributed by atoms with Gasteiger partial charge in [-0.05, 0) is 38.8 Å².